The van der Waals surface area contributed by atoms with Crippen molar-refractivity contribution in [3.05, 3.63) is 91.6 Å². The van der Waals surface area contributed by atoms with Crippen molar-refractivity contribution >= 4 is 58.0 Å². The van der Waals surface area contributed by atoms with Crippen LogP contribution in [0.2, 0.25) is 10.0 Å². The Bertz CT molecular complexity index is 1180. The highest BCUT2D eigenvalue weighted by molar-refractivity contribution is 7.10. The molecule has 4 nitrogen and oxygen atoms in total. The van der Waals surface area contributed by atoms with Gasteiger partial charge < -0.3 is 9.80 Å². The molecular formula is C26H25Cl3N2O2S. The van der Waals surface area contributed by atoms with E-state index in [4.69, 9.17) is 34.8 Å². The van der Waals surface area contributed by atoms with Gasteiger partial charge in [-0.1, -0.05) is 59.6 Å². The van der Waals surface area contributed by atoms with Crippen molar-refractivity contribution in [1.82, 2.24) is 9.80 Å². The van der Waals surface area contributed by atoms with Crippen LogP contribution in [0.1, 0.15) is 46.8 Å². The molecule has 0 radical (unpaired) electrons. The number of fused-ring (bicyclic) bond motifs is 1. The molecule has 0 N–H and O–H groups in total. The van der Waals surface area contributed by atoms with Gasteiger partial charge >= 0.3 is 0 Å². The van der Waals surface area contributed by atoms with Crippen molar-refractivity contribution in [2.45, 2.75) is 37.7 Å². The monoisotopic (exact) mass is 534 g/mol. The second-order valence-corrected chi connectivity index (χ2v) is 10.8. The van der Waals surface area contributed by atoms with E-state index in [1.807, 2.05) is 66.6 Å². The zero-order chi connectivity index (χ0) is 24.4. The normalized spacial score (nSPS) is 16.3. The first-order chi connectivity index (χ1) is 16.3. The van der Waals surface area contributed by atoms with Gasteiger partial charge in [-0.3, -0.25) is 9.59 Å². The average molecular weight is 536 g/mol. The predicted molar refractivity (Wildman–Crippen MR) is 140 cm³/mol. The highest BCUT2D eigenvalue weighted by Gasteiger charge is 2.36. The lowest BCUT2D eigenvalue weighted by molar-refractivity contribution is -0.143. The Labute approximate surface area is 219 Å². The van der Waals surface area contributed by atoms with Gasteiger partial charge in [0.05, 0.1) is 6.04 Å². The summed E-state index contributed by atoms with van der Waals surface area (Å²) in [7, 11) is 0. The smallest absolute Gasteiger partial charge is 0.245 e. The molecule has 0 saturated heterocycles. The Kier molecular flexibility index (Phi) is 7.88. The number of halogens is 3. The van der Waals surface area contributed by atoms with Crippen LogP contribution in [0.5, 0.6) is 0 Å². The fourth-order valence-electron chi connectivity index (χ4n) is 4.31. The van der Waals surface area contributed by atoms with Crippen LogP contribution in [-0.4, -0.2) is 40.7 Å². The number of carbonyl (C=O) groups excluding carboxylic acids is 2. The quantitative estimate of drug-likeness (QED) is 0.328. The standard InChI is InChI=1S/C26H25Cl3N2O2S/c1-16(2)31(26(33)24(29)17-6-4-3-5-7-17)15-23(32)30-12-10-22-20(11-13-34-22)25(30)19-9-8-18(27)14-21(19)28/h3-9,11,13-14,16,24-25H,10,12,15H2,1-2H3. The molecule has 0 saturated carbocycles. The van der Waals surface area contributed by atoms with Gasteiger partial charge in [0.25, 0.3) is 0 Å². The molecule has 4 rings (SSSR count). The summed E-state index contributed by atoms with van der Waals surface area (Å²) in [5.41, 5.74) is 2.59. The van der Waals surface area contributed by atoms with Gasteiger partial charge in [0, 0.05) is 27.5 Å². The van der Waals surface area contributed by atoms with E-state index in [0.717, 1.165) is 17.5 Å². The summed E-state index contributed by atoms with van der Waals surface area (Å²) < 4.78 is 0. The average Bonchev–Trinajstić information content (AvgIpc) is 3.30. The van der Waals surface area contributed by atoms with Crippen LogP contribution in [-0.2, 0) is 16.0 Å². The molecule has 0 fully saturated rings. The van der Waals surface area contributed by atoms with Gasteiger partial charge in [0.2, 0.25) is 11.8 Å². The molecule has 1 aliphatic rings. The lowest BCUT2D eigenvalue weighted by atomic mass is 9.93. The van der Waals surface area contributed by atoms with Crippen LogP contribution >= 0.6 is 46.1 Å². The summed E-state index contributed by atoms with van der Waals surface area (Å²) in [5, 5.41) is 2.23. The molecule has 2 amide bonds. The molecule has 178 valence electrons. The van der Waals surface area contributed by atoms with E-state index in [1.54, 1.807) is 28.4 Å². The van der Waals surface area contributed by atoms with Crippen LogP contribution in [0.4, 0.5) is 0 Å². The number of thiophene rings is 1. The Hall–Kier alpha value is -2.05. The second-order valence-electron chi connectivity index (χ2n) is 8.54. The number of hydrogen-bond acceptors (Lipinski definition) is 3. The largest absolute Gasteiger partial charge is 0.330 e. The molecule has 0 spiro atoms. The summed E-state index contributed by atoms with van der Waals surface area (Å²) in [6, 6.07) is 16.1. The van der Waals surface area contributed by atoms with Crippen LogP contribution < -0.4 is 0 Å². The maximum Gasteiger partial charge on any atom is 0.245 e. The SMILES string of the molecule is CC(C)N(CC(=O)N1CCc2sccc2C1c1ccc(Cl)cc1Cl)C(=O)C(Cl)c1ccccc1. The van der Waals surface area contributed by atoms with Crippen molar-refractivity contribution in [2.24, 2.45) is 0 Å². The molecule has 1 aromatic heterocycles. The summed E-state index contributed by atoms with van der Waals surface area (Å²) in [4.78, 5) is 31.6. The van der Waals surface area contributed by atoms with Gasteiger partial charge in [-0.25, -0.2) is 0 Å². The third-order valence-electron chi connectivity index (χ3n) is 6.06. The van der Waals surface area contributed by atoms with E-state index in [1.165, 1.54) is 4.88 Å². The lowest BCUT2D eigenvalue weighted by Crippen LogP contribution is -2.49. The Balaban J connectivity index is 1.62. The highest BCUT2D eigenvalue weighted by atomic mass is 35.5. The molecule has 2 heterocycles. The second kappa shape index (κ2) is 10.7. The van der Waals surface area contributed by atoms with Crippen molar-refractivity contribution in [3.8, 4) is 0 Å². The molecule has 34 heavy (non-hydrogen) atoms. The topological polar surface area (TPSA) is 40.6 Å². The maximum absolute atomic E-state index is 13.7. The van der Waals surface area contributed by atoms with Gasteiger partial charge in [0.15, 0.2) is 0 Å². The van der Waals surface area contributed by atoms with E-state index in [-0.39, 0.29) is 30.4 Å². The summed E-state index contributed by atoms with van der Waals surface area (Å²) >= 11 is 20.9. The summed E-state index contributed by atoms with van der Waals surface area (Å²) in [6.07, 6.45) is 0.762. The van der Waals surface area contributed by atoms with Crippen molar-refractivity contribution in [1.29, 1.82) is 0 Å². The van der Waals surface area contributed by atoms with Crippen LogP contribution in [0.15, 0.2) is 60.0 Å². The van der Waals surface area contributed by atoms with Gasteiger partial charge in [0.1, 0.15) is 11.9 Å². The van der Waals surface area contributed by atoms with Gasteiger partial charge in [-0.2, -0.15) is 0 Å². The first-order valence-corrected chi connectivity index (χ1v) is 13.1. The Morgan fingerprint density at radius 2 is 1.82 bits per heavy atom. The van der Waals surface area contributed by atoms with Crippen LogP contribution in [0.3, 0.4) is 0 Å². The molecule has 2 unspecified atom stereocenters. The van der Waals surface area contributed by atoms with Gasteiger partial charge in [-0.05, 0) is 60.5 Å². The number of amides is 2. The minimum absolute atomic E-state index is 0.0618. The molecular weight excluding hydrogens is 511 g/mol. The van der Waals surface area contributed by atoms with Crippen LogP contribution in [0, 0.1) is 0 Å². The zero-order valence-corrected chi connectivity index (χ0v) is 22.0. The van der Waals surface area contributed by atoms with Crippen LogP contribution in [0.25, 0.3) is 0 Å². The minimum atomic E-state index is -0.859. The number of nitrogens with zero attached hydrogens (tertiary/aromatic N) is 2. The van der Waals surface area contributed by atoms with Crippen molar-refractivity contribution in [2.75, 3.05) is 13.1 Å². The first-order valence-electron chi connectivity index (χ1n) is 11.1. The Morgan fingerprint density at radius 3 is 2.50 bits per heavy atom. The molecule has 0 aliphatic carbocycles. The fourth-order valence-corrected chi connectivity index (χ4v) is 5.99. The number of alkyl halides is 1. The first kappa shape index (κ1) is 25.1. The number of benzene rings is 2. The number of rotatable bonds is 6. The van der Waals surface area contributed by atoms with E-state index in [2.05, 4.69) is 0 Å². The zero-order valence-electron chi connectivity index (χ0n) is 18.9. The van der Waals surface area contributed by atoms with Crippen molar-refractivity contribution < 1.29 is 9.59 Å². The Morgan fingerprint density at radius 1 is 1.09 bits per heavy atom. The van der Waals surface area contributed by atoms with E-state index >= 15 is 0 Å². The molecule has 1 aliphatic heterocycles. The third kappa shape index (κ3) is 5.13. The van der Waals surface area contributed by atoms with Gasteiger partial charge in [-0.15, -0.1) is 22.9 Å². The molecule has 8 heteroatoms. The maximum atomic E-state index is 13.7. The summed E-state index contributed by atoms with van der Waals surface area (Å²) in [5.74, 6) is -0.433. The predicted octanol–water partition coefficient (Wildman–Crippen LogP) is 6.75. The third-order valence-corrected chi connectivity index (χ3v) is 8.06. The molecule has 3 aromatic rings. The van der Waals surface area contributed by atoms with Crippen molar-refractivity contribution in [3.63, 3.8) is 0 Å². The van der Waals surface area contributed by atoms with E-state index < -0.39 is 5.38 Å². The number of carbonyl (C=O) groups is 2. The summed E-state index contributed by atoms with van der Waals surface area (Å²) in [6.45, 7) is 4.26. The minimum Gasteiger partial charge on any atom is -0.330 e. The molecule has 2 aromatic carbocycles. The lowest BCUT2D eigenvalue weighted by Gasteiger charge is -2.38. The molecule has 0 bridgehead atoms. The number of hydrogen-bond donors (Lipinski definition) is 0. The molecule has 2 atom stereocenters. The van der Waals surface area contributed by atoms with E-state index in [0.29, 0.717) is 22.2 Å². The fraction of sp³-hybridized carbons (Fsp3) is 0.308. The highest BCUT2D eigenvalue weighted by Crippen LogP contribution is 2.41. The van der Waals surface area contributed by atoms with E-state index in [9.17, 15) is 9.59 Å².